The maximum atomic E-state index is 13.3. The first-order chi connectivity index (χ1) is 11.9. The summed E-state index contributed by atoms with van der Waals surface area (Å²) < 4.78 is 39.8. The molecule has 0 fully saturated rings. The molecule has 25 heavy (non-hydrogen) atoms. The maximum Gasteiger partial charge on any atom is 0.396 e. The summed E-state index contributed by atoms with van der Waals surface area (Å²) in [5.41, 5.74) is 2.08. The third kappa shape index (κ3) is 3.07. The van der Waals surface area contributed by atoms with Crippen molar-refractivity contribution < 1.29 is 13.2 Å². The number of aromatic amines is 1. The van der Waals surface area contributed by atoms with E-state index >= 15 is 0 Å². The number of nitrogens with one attached hydrogen (secondary N) is 2. The average molecular weight is 369 g/mol. The number of allylic oxidation sites excluding steroid dienone is 5. The van der Waals surface area contributed by atoms with Crippen molar-refractivity contribution in [2.75, 3.05) is 5.32 Å². The number of hydrogen-bond acceptors (Lipinski definition) is 2. The van der Waals surface area contributed by atoms with E-state index in [1.807, 2.05) is 6.92 Å². The van der Waals surface area contributed by atoms with Crippen molar-refractivity contribution in [2.45, 2.75) is 37.2 Å². The van der Waals surface area contributed by atoms with Crippen molar-refractivity contribution in [3.05, 3.63) is 58.4 Å². The van der Waals surface area contributed by atoms with Gasteiger partial charge < -0.3 is 5.32 Å². The zero-order valence-corrected chi connectivity index (χ0v) is 14.1. The molecular weight excluding hydrogens is 353 g/mol. The Morgan fingerprint density at radius 3 is 2.80 bits per heavy atom. The van der Waals surface area contributed by atoms with Gasteiger partial charge in [0.15, 0.2) is 5.70 Å². The van der Waals surface area contributed by atoms with E-state index in [2.05, 4.69) is 20.4 Å². The summed E-state index contributed by atoms with van der Waals surface area (Å²) in [5.74, 6) is -1.81. The minimum Gasteiger partial charge on any atom is -0.354 e. The molecule has 2 heterocycles. The summed E-state index contributed by atoms with van der Waals surface area (Å²) >= 11 is 6.23. The minimum atomic E-state index is -4.44. The number of rotatable bonds is 3. The van der Waals surface area contributed by atoms with E-state index in [0.717, 1.165) is 12.5 Å². The molecule has 3 rings (SSSR count). The zero-order valence-electron chi connectivity index (χ0n) is 13.4. The molecule has 0 amide bonds. The molecule has 3 unspecified atom stereocenters. The molecule has 0 bridgehead atoms. The largest absolute Gasteiger partial charge is 0.396 e. The topological polar surface area (TPSA) is 45.1 Å². The highest BCUT2D eigenvalue weighted by Crippen LogP contribution is 2.48. The van der Waals surface area contributed by atoms with Crippen LogP contribution in [0, 0.1) is 12.5 Å². The highest BCUT2D eigenvalue weighted by Gasteiger charge is 2.47. The van der Waals surface area contributed by atoms with Gasteiger partial charge in [0, 0.05) is 17.2 Å². The van der Waals surface area contributed by atoms with E-state index < -0.39 is 23.4 Å². The molecule has 1 aliphatic heterocycles. The first kappa shape index (κ1) is 17.6. The van der Waals surface area contributed by atoms with E-state index in [9.17, 15) is 13.2 Å². The maximum absolute atomic E-state index is 13.3. The van der Waals surface area contributed by atoms with Crippen LogP contribution in [0.2, 0.25) is 0 Å². The summed E-state index contributed by atoms with van der Waals surface area (Å²) in [7, 11) is 0. The van der Waals surface area contributed by atoms with Crippen LogP contribution in [0.4, 0.5) is 19.0 Å². The smallest absolute Gasteiger partial charge is 0.354 e. The van der Waals surface area contributed by atoms with E-state index in [0.29, 0.717) is 34.8 Å². The Kier molecular flexibility index (Phi) is 4.65. The van der Waals surface area contributed by atoms with Crippen LogP contribution in [0.3, 0.4) is 0 Å². The summed E-state index contributed by atoms with van der Waals surface area (Å²) in [6.45, 7) is 9.55. The second kappa shape index (κ2) is 6.60. The molecule has 1 aromatic heterocycles. The lowest BCUT2D eigenvalue weighted by molar-refractivity contribution is -0.160. The van der Waals surface area contributed by atoms with E-state index in [4.69, 9.17) is 18.2 Å². The number of halogens is 4. The Labute approximate surface area is 148 Å². The van der Waals surface area contributed by atoms with Crippen LogP contribution in [0.15, 0.2) is 41.4 Å². The summed E-state index contributed by atoms with van der Waals surface area (Å²) in [6, 6.07) is 0. The van der Waals surface area contributed by atoms with Crippen LogP contribution < -0.4 is 5.32 Å². The second-order valence-corrected chi connectivity index (χ2v) is 6.47. The van der Waals surface area contributed by atoms with E-state index in [-0.39, 0.29) is 0 Å². The Morgan fingerprint density at radius 1 is 1.40 bits per heavy atom. The van der Waals surface area contributed by atoms with Gasteiger partial charge in [0.1, 0.15) is 5.82 Å². The Hall–Kier alpha value is -2.20. The number of H-pyrrole nitrogens is 1. The van der Waals surface area contributed by atoms with Gasteiger partial charge in [0.05, 0.1) is 24.1 Å². The third-order valence-electron chi connectivity index (χ3n) is 4.41. The minimum absolute atomic E-state index is 0.371. The molecule has 4 nitrogen and oxygen atoms in total. The first-order valence-electron chi connectivity index (χ1n) is 7.88. The summed E-state index contributed by atoms with van der Waals surface area (Å²) in [6.07, 6.45) is 2.52. The lowest BCUT2D eigenvalue weighted by Gasteiger charge is -2.33. The molecule has 2 N–H and O–H groups in total. The normalized spacial score (nSPS) is 25.9. The van der Waals surface area contributed by atoms with Gasteiger partial charge in [-0.2, -0.15) is 18.3 Å². The average Bonchev–Trinajstić information content (AvgIpc) is 3.01. The number of fused-ring (bicyclic) bond motifs is 1. The molecule has 1 aliphatic carbocycles. The number of aromatic nitrogens is 2. The Morgan fingerprint density at radius 2 is 2.16 bits per heavy atom. The monoisotopic (exact) mass is 368 g/mol. The second-order valence-electron chi connectivity index (χ2n) is 6.00. The van der Waals surface area contributed by atoms with Crippen molar-refractivity contribution in [3.8, 4) is 0 Å². The van der Waals surface area contributed by atoms with Crippen molar-refractivity contribution in [2.24, 2.45) is 5.92 Å². The van der Waals surface area contributed by atoms with Gasteiger partial charge in [-0.3, -0.25) is 5.10 Å². The highest BCUT2D eigenvalue weighted by molar-refractivity contribution is 6.23. The van der Waals surface area contributed by atoms with Crippen molar-refractivity contribution in [3.63, 3.8) is 0 Å². The van der Waals surface area contributed by atoms with Crippen LogP contribution >= 0.6 is 11.6 Å². The quantitative estimate of drug-likeness (QED) is 0.573. The first-order valence-corrected chi connectivity index (χ1v) is 8.32. The van der Waals surface area contributed by atoms with Crippen molar-refractivity contribution in [1.29, 1.82) is 0 Å². The molecule has 8 heteroatoms. The fourth-order valence-corrected chi connectivity index (χ4v) is 3.70. The highest BCUT2D eigenvalue weighted by atomic mass is 35.5. The molecule has 0 aromatic carbocycles. The number of hydrogen-bond donors (Lipinski definition) is 2. The Balaban J connectivity index is 2.10. The predicted octanol–water partition coefficient (Wildman–Crippen LogP) is 5.13. The van der Waals surface area contributed by atoms with Gasteiger partial charge in [0.2, 0.25) is 0 Å². The van der Waals surface area contributed by atoms with Crippen LogP contribution in [-0.4, -0.2) is 21.8 Å². The van der Waals surface area contributed by atoms with Gasteiger partial charge in [0.25, 0.3) is 0 Å². The standard InChI is InChI=1S/C17H16ClF3N4/c1-3-5-12-15(22-2)13(10-8-23-25-16(10)24-12)9-6-4-7-11(14(9)18)17(19,20)21/h4,6-8,11,13-14H,3,5H2,1H3,(H2,23,24,25). The predicted molar refractivity (Wildman–Crippen MR) is 89.9 cm³/mol. The lowest BCUT2D eigenvalue weighted by Crippen LogP contribution is -2.34. The van der Waals surface area contributed by atoms with Crippen LogP contribution in [0.25, 0.3) is 4.85 Å². The lowest BCUT2D eigenvalue weighted by atomic mass is 9.79. The third-order valence-corrected chi connectivity index (χ3v) is 4.93. The number of nitrogens with zero attached hydrogens (tertiary/aromatic N) is 2. The summed E-state index contributed by atoms with van der Waals surface area (Å²) in [4.78, 5) is 3.62. The van der Waals surface area contributed by atoms with Gasteiger partial charge in [-0.25, -0.2) is 4.85 Å². The zero-order chi connectivity index (χ0) is 18.2. The van der Waals surface area contributed by atoms with Crippen LogP contribution in [0.5, 0.6) is 0 Å². The summed E-state index contributed by atoms with van der Waals surface area (Å²) in [5, 5.41) is 8.66. The Bertz CT molecular complexity index is 798. The molecule has 2 aliphatic rings. The van der Waals surface area contributed by atoms with Crippen molar-refractivity contribution in [1.82, 2.24) is 10.2 Å². The molecule has 0 saturated carbocycles. The van der Waals surface area contributed by atoms with Gasteiger partial charge in [-0.15, -0.1) is 11.6 Å². The molecular formula is C17H16ClF3N4. The van der Waals surface area contributed by atoms with Crippen LogP contribution in [0.1, 0.15) is 31.2 Å². The van der Waals surface area contributed by atoms with E-state index in [1.54, 1.807) is 6.08 Å². The van der Waals surface area contributed by atoms with E-state index in [1.165, 1.54) is 12.3 Å². The molecule has 0 radical (unpaired) electrons. The molecule has 1 aromatic rings. The SMILES string of the molecule is [C-]#[N+]C1=C(CCC)Nc2[nH]ncc2C1C1=CC=CC(C(F)(F)F)C1Cl. The molecule has 0 spiro atoms. The fraction of sp³-hybridized carbons (Fsp3) is 0.412. The van der Waals surface area contributed by atoms with Gasteiger partial charge in [-0.05, 0) is 12.0 Å². The van der Waals surface area contributed by atoms with Crippen LogP contribution in [-0.2, 0) is 0 Å². The fourth-order valence-electron chi connectivity index (χ4n) is 3.27. The molecule has 0 saturated heterocycles. The molecule has 3 atom stereocenters. The molecule has 132 valence electrons. The number of anilines is 1. The van der Waals surface area contributed by atoms with Crippen molar-refractivity contribution >= 4 is 17.4 Å². The van der Waals surface area contributed by atoms with Gasteiger partial charge >= 0.3 is 6.18 Å². The number of alkyl halides is 4. The van der Waals surface area contributed by atoms with Gasteiger partial charge in [-0.1, -0.05) is 31.6 Å².